The van der Waals surface area contributed by atoms with Gasteiger partial charge in [0.2, 0.25) is 0 Å². The van der Waals surface area contributed by atoms with Crippen LogP contribution in [-0.2, 0) is 6.42 Å². The molecule has 3 nitrogen and oxygen atoms in total. The molecule has 0 amide bonds. The lowest BCUT2D eigenvalue weighted by Gasteiger charge is -2.08. The van der Waals surface area contributed by atoms with E-state index in [4.69, 9.17) is 23.2 Å². The first-order chi connectivity index (χ1) is 11.9. The number of fused-ring (bicyclic) bond motifs is 1. The summed E-state index contributed by atoms with van der Waals surface area (Å²) in [6.45, 7) is 0. The molecule has 6 heteroatoms. The Morgan fingerprint density at radius 1 is 1.24 bits per heavy atom. The van der Waals surface area contributed by atoms with Crippen LogP contribution in [0.25, 0.3) is 10.9 Å². The van der Waals surface area contributed by atoms with Crippen LogP contribution in [0.1, 0.15) is 45.9 Å². The number of halogens is 3. The van der Waals surface area contributed by atoms with E-state index in [1.54, 1.807) is 12.1 Å². The lowest BCUT2D eigenvalue weighted by atomic mass is 10.1. The molecule has 3 aromatic rings. The zero-order valence-electron chi connectivity index (χ0n) is 13.1. The zero-order chi connectivity index (χ0) is 17.7. The summed E-state index contributed by atoms with van der Waals surface area (Å²) in [6.07, 6.45) is 2.50. The lowest BCUT2D eigenvalue weighted by Crippen LogP contribution is -2.01. The van der Waals surface area contributed by atoms with Crippen molar-refractivity contribution in [3.8, 4) is 0 Å². The molecule has 0 radical (unpaired) electrons. The minimum absolute atomic E-state index is 0.000576. The van der Waals surface area contributed by atoms with Gasteiger partial charge in [0.05, 0.1) is 10.6 Å². The fraction of sp³-hybridized carbons (Fsp3) is 0.211. The number of hydrogen-bond acceptors (Lipinski definition) is 1. The van der Waals surface area contributed by atoms with Gasteiger partial charge in [-0.15, -0.1) is 0 Å². The minimum atomic E-state index is -1.11. The third-order valence-corrected chi connectivity index (χ3v) is 5.38. The summed E-state index contributed by atoms with van der Waals surface area (Å²) in [5.41, 5.74) is 2.99. The quantitative estimate of drug-likeness (QED) is 0.605. The van der Waals surface area contributed by atoms with E-state index in [-0.39, 0.29) is 16.4 Å². The summed E-state index contributed by atoms with van der Waals surface area (Å²) < 4.78 is 14.4. The normalized spacial score (nSPS) is 14.2. The summed E-state index contributed by atoms with van der Waals surface area (Å²) in [5.74, 6) is -0.903. The van der Waals surface area contributed by atoms with Crippen LogP contribution in [-0.4, -0.2) is 16.1 Å². The monoisotopic (exact) mass is 377 g/mol. The number of nitrogens with one attached hydrogen (secondary N) is 1. The van der Waals surface area contributed by atoms with E-state index in [0.717, 1.165) is 29.6 Å². The van der Waals surface area contributed by atoms with Crippen LogP contribution in [0.2, 0.25) is 10.0 Å². The highest BCUT2D eigenvalue weighted by molar-refractivity contribution is 6.38. The van der Waals surface area contributed by atoms with Crippen LogP contribution in [0.4, 0.5) is 4.39 Å². The maximum Gasteiger partial charge on any atom is 0.337 e. The van der Waals surface area contributed by atoms with Gasteiger partial charge in [0, 0.05) is 28.0 Å². The van der Waals surface area contributed by atoms with E-state index in [1.165, 1.54) is 12.1 Å². The summed E-state index contributed by atoms with van der Waals surface area (Å²) in [6, 6.07) is 8.20. The molecule has 25 heavy (non-hydrogen) atoms. The van der Waals surface area contributed by atoms with Gasteiger partial charge >= 0.3 is 5.97 Å². The summed E-state index contributed by atoms with van der Waals surface area (Å²) >= 11 is 12.4. The second kappa shape index (κ2) is 6.04. The molecule has 0 unspecified atom stereocenters. The first-order valence-electron chi connectivity index (χ1n) is 7.95. The Labute approximate surface area is 153 Å². The fourth-order valence-corrected chi connectivity index (χ4v) is 3.72. The zero-order valence-corrected chi connectivity index (χ0v) is 14.6. The number of carboxylic acid groups (broad SMARTS) is 1. The number of rotatable bonds is 4. The van der Waals surface area contributed by atoms with Gasteiger partial charge in [-0.2, -0.15) is 0 Å². The Balaban J connectivity index is 1.75. The molecule has 1 aliphatic rings. The van der Waals surface area contributed by atoms with Gasteiger partial charge in [0.1, 0.15) is 5.82 Å². The molecule has 1 fully saturated rings. The summed E-state index contributed by atoms with van der Waals surface area (Å²) in [5, 5.41) is 10.2. The molecule has 1 heterocycles. The smallest absolute Gasteiger partial charge is 0.337 e. The Bertz CT molecular complexity index is 1010. The van der Waals surface area contributed by atoms with E-state index in [1.807, 2.05) is 6.07 Å². The molecule has 1 aliphatic carbocycles. The van der Waals surface area contributed by atoms with E-state index in [2.05, 4.69) is 4.98 Å². The second-order valence-corrected chi connectivity index (χ2v) is 7.19. The second-order valence-electron chi connectivity index (χ2n) is 6.40. The number of aromatic nitrogens is 1. The molecule has 1 aromatic heterocycles. The predicted octanol–water partition coefficient (Wildman–Crippen LogP) is 5.78. The van der Waals surface area contributed by atoms with E-state index in [9.17, 15) is 14.3 Å². The first kappa shape index (κ1) is 16.4. The molecule has 4 rings (SSSR count). The van der Waals surface area contributed by atoms with E-state index in [0.29, 0.717) is 28.3 Å². The molecule has 2 aromatic carbocycles. The van der Waals surface area contributed by atoms with Crippen molar-refractivity contribution in [2.24, 2.45) is 0 Å². The Morgan fingerprint density at radius 2 is 2.00 bits per heavy atom. The number of H-pyrrole nitrogens is 1. The highest BCUT2D eigenvalue weighted by Crippen LogP contribution is 2.41. The van der Waals surface area contributed by atoms with Crippen molar-refractivity contribution >= 4 is 40.1 Å². The lowest BCUT2D eigenvalue weighted by molar-refractivity contribution is 0.0697. The van der Waals surface area contributed by atoms with Crippen molar-refractivity contribution in [2.45, 2.75) is 25.2 Å². The molecular formula is C19H14Cl2FNO2. The number of hydrogen-bond donors (Lipinski definition) is 2. The van der Waals surface area contributed by atoms with Gasteiger partial charge in [-0.1, -0.05) is 23.2 Å². The van der Waals surface area contributed by atoms with Crippen LogP contribution in [0.15, 0.2) is 30.3 Å². The third-order valence-electron chi connectivity index (χ3n) is 4.60. The van der Waals surface area contributed by atoms with Gasteiger partial charge in [-0.3, -0.25) is 0 Å². The maximum atomic E-state index is 14.4. The Hall–Kier alpha value is -2.04. The molecule has 1 saturated carbocycles. The van der Waals surface area contributed by atoms with Crippen LogP contribution in [0.5, 0.6) is 0 Å². The highest BCUT2D eigenvalue weighted by Gasteiger charge is 2.25. The van der Waals surface area contributed by atoms with Gasteiger partial charge < -0.3 is 10.1 Å². The minimum Gasteiger partial charge on any atom is -0.478 e. The van der Waals surface area contributed by atoms with Crippen LogP contribution in [0.3, 0.4) is 0 Å². The maximum absolute atomic E-state index is 14.4. The van der Waals surface area contributed by atoms with Gasteiger partial charge in [0.15, 0.2) is 0 Å². The number of benzene rings is 2. The van der Waals surface area contributed by atoms with Crippen molar-refractivity contribution < 1.29 is 14.3 Å². The van der Waals surface area contributed by atoms with Gasteiger partial charge in [-0.25, -0.2) is 9.18 Å². The van der Waals surface area contributed by atoms with Gasteiger partial charge in [0.25, 0.3) is 0 Å². The summed E-state index contributed by atoms with van der Waals surface area (Å²) in [4.78, 5) is 14.5. The Morgan fingerprint density at radius 3 is 2.68 bits per heavy atom. The third kappa shape index (κ3) is 3.00. The highest BCUT2D eigenvalue weighted by atomic mass is 35.5. The summed E-state index contributed by atoms with van der Waals surface area (Å²) in [7, 11) is 0. The van der Waals surface area contributed by atoms with Crippen LogP contribution in [0, 0.1) is 5.82 Å². The first-order valence-corrected chi connectivity index (χ1v) is 8.71. The van der Waals surface area contributed by atoms with E-state index < -0.39 is 5.97 Å². The number of carbonyl (C=O) groups is 1. The van der Waals surface area contributed by atoms with E-state index >= 15 is 0 Å². The van der Waals surface area contributed by atoms with Gasteiger partial charge in [-0.05, 0) is 60.2 Å². The Kier molecular flexibility index (Phi) is 3.97. The standard InChI is InChI=1S/C19H14Cl2FNO2/c20-15-4-3-12(19(24)25)18(21)13(15)7-11-8-14-16(22)5-10(9-1-2-9)6-17(14)23-11/h3-6,8-9,23H,1-2,7H2,(H,24,25). The number of carboxylic acids is 1. The fourth-order valence-electron chi connectivity index (χ4n) is 3.14. The molecule has 2 N–H and O–H groups in total. The molecular weight excluding hydrogens is 364 g/mol. The van der Waals surface area contributed by atoms with Crippen molar-refractivity contribution in [3.05, 3.63) is 68.6 Å². The molecule has 0 bridgehead atoms. The average molecular weight is 378 g/mol. The molecule has 0 saturated heterocycles. The largest absolute Gasteiger partial charge is 0.478 e. The average Bonchev–Trinajstić information content (AvgIpc) is 3.31. The van der Waals surface area contributed by atoms with Crippen molar-refractivity contribution in [2.75, 3.05) is 0 Å². The topological polar surface area (TPSA) is 53.1 Å². The van der Waals surface area contributed by atoms with Crippen LogP contribution < -0.4 is 0 Å². The predicted molar refractivity (Wildman–Crippen MR) is 96.5 cm³/mol. The molecule has 0 atom stereocenters. The molecule has 0 aliphatic heterocycles. The van der Waals surface area contributed by atoms with Crippen molar-refractivity contribution in [1.82, 2.24) is 4.98 Å². The van der Waals surface area contributed by atoms with Crippen molar-refractivity contribution in [1.29, 1.82) is 0 Å². The number of aromatic carboxylic acids is 1. The number of aromatic amines is 1. The van der Waals surface area contributed by atoms with Crippen LogP contribution >= 0.6 is 23.2 Å². The SMILES string of the molecule is O=C(O)c1ccc(Cl)c(Cc2cc3c(F)cc(C4CC4)cc3[nH]2)c1Cl. The molecule has 128 valence electrons. The molecule has 0 spiro atoms. The van der Waals surface area contributed by atoms with Crippen molar-refractivity contribution in [3.63, 3.8) is 0 Å².